The van der Waals surface area contributed by atoms with Crippen LogP contribution in [0.15, 0.2) is 42.6 Å². The van der Waals surface area contributed by atoms with E-state index in [1.165, 1.54) is 16.4 Å². The first-order valence-corrected chi connectivity index (χ1v) is 16.7. The van der Waals surface area contributed by atoms with E-state index in [0.29, 0.717) is 51.0 Å². The van der Waals surface area contributed by atoms with Crippen LogP contribution in [-0.4, -0.2) is 62.7 Å². The van der Waals surface area contributed by atoms with Crippen LogP contribution < -0.4 is 9.64 Å². The molecule has 3 aromatic rings. The monoisotopic (exact) mass is 663 g/mol. The first-order valence-electron chi connectivity index (χ1n) is 14.9. The van der Waals surface area contributed by atoms with E-state index in [0.717, 1.165) is 29.5 Å². The fourth-order valence-corrected chi connectivity index (χ4v) is 8.26. The van der Waals surface area contributed by atoms with Gasteiger partial charge in [-0.3, -0.25) is 4.79 Å². The second-order valence-corrected chi connectivity index (χ2v) is 14.7. The largest absolute Gasteiger partial charge is 0.473 e. The number of halogens is 5. The molecule has 7 rings (SSSR count). The van der Waals surface area contributed by atoms with Crippen molar-refractivity contribution >= 4 is 21.7 Å². The van der Waals surface area contributed by atoms with Gasteiger partial charge in [-0.05, 0) is 66.3 Å². The highest BCUT2D eigenvalue weighted by Gasteiger charge is 2.60. The zero-order chi connectivity index (χ0) is 32.8. The van der Waals surface area contributed by atoms with E-state index in [-0.39, 0.29) is 46.1 Å². The number of carbonyl (C=O) groups is 1. The first-order chi connectivity index (χ1) is 21.7. The number of anilines is 1. The minimum Gasteiger partial charge on any atom is -0.473 e. The Kier molecular flexibility index (Phi) is 7.13. The van der Waals surface area contributed by atoms with Crippen LogP contribution in [0, 0.1) is 28.9 Å². The van der Waals surface area contributed by atoms with Gasteiger partial charge >= 0.3 is 12.1 Å². The van der Waals surface area contributed by atoms with Crippen LogP contribution >= 0.6 is 0 Å². The number of hydrogen-bond donors (Lipinski definition) is 0. The molecule has 1 aromatic heterocycles. The molecule has 46 heavy (non-hydrogen) atoms. The van der Waals surface area contributed by atoms with Crippen molar-refractivity contribution in [1.82, 2.24) is 9.29 Å². The summed E-state index contributed by atoms with van der Waals surface area (Å²) in [6.45, 7) is 3.35. The number of esters is 1. The summed E-state index contributed by atoms with van der Waals surface area (Å²) in [6.07, 6.45) is -1.58. The summed E-state index contributed by atoms with van der Waals surface area (Å²) in [5, 5.41) is 0. The minimum absolute atomic E-state index is 0.0393. The van der Waals surface area contributed by atoms with Crippen LogP contribution in [0.2, 0.25) is 0 Å². The van der Waals surface area contributed by atoms with Gasteiger partial charge in [0.1, 0.15) is 18.2 Å². The number of fused-ring (bicyclic) bond motifs is 3. The average Bonchev–Trinajstić information content (AvgIpc) is 3.51. The topological polar surface area (TPSA) is 89.0 Å². The van der Waals surface area contributed by atoms with Crippen molar-refractivity contribution in [3.8, 4) is 17.0 Å². The Morgan fingerprint density at radius 1 is 1.04 bits per heavy atom. The first kappa shape index (κ1) is 30.9. The van der Waals surface area contributed by atoms with Gasteiger partial charge in [0.25, 0.3) is 0 Å². The summed E-state index contributed by atoms with van der Waals surface area (Å²) < 4.78 is 108. The molecule has 1 spiro atoms. The average molecular weight is 664 g/mol. The van der Waals surface area contributed by atoms with E-state index in [2.05, 4.69) is 4.98 Å². The van der Waals surface area contributed by atoms with Gasteiger partial charge in [-0.25, -0.2) is 26.5 Å². The second-order valence-electron chi connectivity index (χ2n) is 12.7. The molecule has 2 aliphatic carbocycles. The van der Waals surface area contributed by atoms with Crippen LogP contribution in [0.25, 0.3) is 11.1 Å². The van der Waals surface area contributed by atoms with Crippen molar-refractivity contribution in [2.45, 2.75) is 32.0 Å². The number of carbonyl (C=O) groups excluding carboxylic acids is 1. The SMILES string of the molecule is CCOC(=O)[C@H]1[C@@H]2Cc3cc(OCc4cc(-c5ccc(N6CC7(C6)CN(S(C)(=O)=O)C7)cc5F)c(C(F)(F)F)cc4F)ncc3[C@@H]21. The predicted octanol–water partition coefficient (Wildman–Crippen LogP) is 5.16. The van der Waals surface area contributed by atoms with Gasteiger partial charge < -0.3 is 14.4 Å². The molecule has 8 nitrogen and oxygen atoms in total. The molecule has 3 atom stereocenters. The number of pyridine rings is 1. The molecule has 14 heteroatoms. The number of aromatic nitrogens is 1. The lowest BCUT2D eigenvalue weighted by molar-refractivity contribution is -0.145. The second kappa shape index (κ2) is 10.6. The lowest BCUT2D eigenvalue weighted by Crippen LogP contribution is -2.72. The molecule has 3 fully saturated rings. The molecule has 2 aromatic carbocycles. The van der Waals surface area contributed by atoms with Crippen LogP contribution in [-0.2, 0) is 38.8 Å². The number of sulfonamides is 1. The molecule has 3 heterocycles. The summed E-state index contributed by atoms with van der Waals surface area (Å²) in [6, 6.07) is 6.87. The molecule has 2 aliphatic heterocycles. The molecule has 1 saturated carbocycles. The summed E-state index contributed by atoms with van der Waals surface area (Å²) in [4.78, 5) is 18.2. The fraction of sp³-hybridized carbons (Fsp3) is 0.438. The van der Waals surface area contributed by atoms with Crippen molar-refractivity contribution in [3.05, 3.63) is 76.5 Å². The third kappa shape index (κ3) is 5.28. The Morgan fingerprint density at radius 2 is 1.78 bits per heavy atom. The summed E-state index contributed by atoms with van der Waals surface area (Å²) in [5.41, 5.74) is -0.278. The zero-order valence-electron chi connectivity index (χ0n) is 24.9. The van der Waals surface area contributed by atoms with Gasteiger partial charge in [0.2, 0.25) is 15.9 Å². The maximum atomic E-state index is 15.5. The van der Waals surface area contributed by atoms with Gasteiger partial charge in [-0.1, -0.05) is 0 Å². The number of hydrogen-bond acceptors (Lipinski definition) is 7. The van der Waals surface area contributed by atoms with Crippen molar-refractivity contribution in [2.24, 2.45) is 17.3 Å². The van der Waals surface area contributed by atoms with Crippen molar-refractivity contribution in [3.63, 3.8) is 0 Å². The molecule has 0 bridgehead atoms. The van der Waals surface area contributed by atoms with E-state index in [4.69, 9.17) is 9.47 Å². The van der Waals surface area contributed by atoms with Gasteiger partial charge in [-0.15, -0.1) is 0 Å². The van der Waals surface area contributed by atoms with Crippen LogP contribution in [0.5, 0.6) is 5.88 Å². The number of alkyl halides is 3. The highest BCUT2D eigenvalue weighted by Crippen LogP contribution is 2.62. The lowest BCUT2D eigenvalue weighted by atomic mass is 9.74. The standard InChI is InChI=1S/C32H30F5N3O5S/c1-3-44-30(41)29-22-6-17-8-27(38-11-23(17)28(22)29)45-12-18-7-21(24(10-25(18)33)32(35,36)37)20-5-4-19(9-26(20)34)39-13-31(14-39)15-40(16-31)46(2,42)43/h4-5,7-11,22,28-29H,3,6,12-16H2,1-2H3/t22-,28-,29+/m1/s1. The number of rotatable bonds is 8. The van der Waals surface area contributed by atoms with Crippen molar-refractivity contribution < 1.29 is 44.6 Å². The molecule has 0 N–H and O–H groups in total. The smallest absolute Gasteiger partial charge is 0.417 e. The quantitative estimate of drug-likeness (QED) is 0.243. The summed E-state index contributed by atoms with van der Waals surface area (Å²) in [7, 11) is -3.28. The molecular weight excluding hydrogens is 633 g/mol. The number of nitrogens with zero attached hydrogens (tertiary/aromatic N) is 3. The van der Waals surface area contributed by atoms with E-state index in [9.17, 15) is 30.8 Å². The summed E-state index contributed by atoms with van der Waals surface area (Å²) in [5.74, 6) is -2.15. The number of benzene rings is 2. The molecule has 0 radical (unpaired) electrons. The third-order valence-electron chi connectivity index (χ3n) is 9.56. The van der Waals surface area contributed by atoms with Crippen LogP contribution in [0.1, 0.15) is 35.1 Å². The van der Waals surface area contributed by atoms with Gasteiger partial charge in [0, 0.05) is 66.6 Å². The molecule has 4 aliphatic rings. The van der Waals surface area contributed by atoms with Crippen LogP contribution in [0.4, 0.5) is 27.6 Å². The maximum absolute atomic E-state index is 15.5. The molecule has 2 saturated heterocycles. The molecule has 244 valence electrons. The highest BCUT2D eigenvalue weighted by atomic mass is 32.2. The Bertz CT molecular complexity index is 1850. The van der Waals surface area contributed by atoms with E-state index in [1.54, 1.807) is 19.2 Å². The maximum Gasteiger partial charge on any atom is 0.417 e. The third-order valence-corrected chi connectivity index (χ3v) is 10.8. The van der Waals surface area contributed by atoms with Gasteiger partial charge in [0.15, 0.2) is 0 Å². The Hall–Kier alpha value is -3.78. The Labute approximate surface area is 262 Å². The van der Waals surface area contributed by atoms with Gasteiger partial charge in [-0.2, -0.15) is 13.2 Å². The van der Waals surface area contributed by atoms with E-state index < -0.39 is 45.6 Å². The van der Waals surface area contributed by atoms with E-state index in [1.807, 2.05) is 4.90 Å². The van der Waals surface area contributed by atoms with Crippen LogP contribution in [0.3, 0.4) is 0 Å². The normalized spacial score (nSPS) is 22.9. The fourth-order valence-electron chi connectivity index (χ4n) is 7.25. The van der Waals surface area contributed by atoms with Crippen molar-refractivity contribution in [2.75, 3.05) is 43.9 Å². The number of ether oxygens (including phenoxy) is 2. The Morgan fingerprint density at radius 3 is 2.43 bits per heavy atom. The highest BCUT2D eigenvalue weighted by molar-refractivity contribution is 7.88. The minimum atomic E-state index is -4.95. The predicted molar refractivity (Wildman–Crippen MR) is 156 cm³/mol. The van der Waals surface area contributed by atoms with E-state index >= 15 is 4.39 Å². The summed E-state index contributed by atoms with van der Waals surface area (Å²) >= 11 is 0. The lowest BCUT2D eigenvalue weighted by Gasteiger charge is -2.60. The zero-order valence-corrected chi connectivity index (χ0v) is 25.7. The van der Waals surface area contributed by atoms with Gasteiger partial charge in [0.05, 0.1) is 24.3 Å². The Balaban J connectivity index is 1.08. The molecule has 0 unspecified atom stereocenters. The van der Waals surface area contributed by atoms with Crippen molar-refractivity contribution in [1.29, 1.82) is 0 Å². The molecular formula is C32H30F5N3O5S. The molecule has 0 amide bonds.